The van der Waals surface area contributed by atoms with Gasteiger partial charge >= 0.3 is 0 Å². The molecule has 64 rings (SSSR count). The molecule has 0 amide bonds. The minimum atomic E-state index is 1.01. The van der Waals surface area contributed by atoms with E-state index in [1.165, 1.54) is 178 Å². The summed E-state index contributed by atoms with van der Waals surface area (Å²) in [5, 5.41) is 0. The zero-order chi connectivity index (χ0) is 48.4. The predicted molar refractivity (Wildman–Crippen MR) is 273 cm³/mol. The molecule has 78 atom stereocenters. The Balaban J connectivity index is 0.662. The molecule has 402 valence electrons. The maximum Gasteiger partial charge on any atom is -0.0000144 e. The van der Waals surface area contributed by atoms with E-state index in [4.69, 9.17) is 0 Å². The molecule has 0 aromatic rings. The molecule has 0 aromatic carbocycles. The Kier molecular flexibility index (Phi) is 1.42. The minimum absolute atomic E-state index is 1.01. The summed E-state index contributed by atoms with van der Waals surface area (Å²) < 4.78 is 0. The van der Waals surface area contributed by atoms with Gasteiger partial charge in [-0.1, -0.05) is 6.42 Å². The molecule has 0 N–H and O–H groups in total. The molecule has 0 bridgehead atoms. The van der Waals surface area contributed by atoms with Crippen molar-refractivity contribution in [3.05, 3.63) is 32.5 Å². The van der Waals surface area contributed by atoms with Gasteiger partial charge in [-0.25, -0.2) is 0 Å². The highest BCUT2D eigenvalue weighted by Crippen LogP contribution is 3.86. The molecule has 64 aliphatic carbocycles. The van der Waals surface area contributed by atoms with Gasteiger partial charge in [-0.3, -0.25) is 0 Å². The van der Waals surface area contributed by atoms with E-state index in [9.17, 15) is 0 Å². The van der Waals surface area contributed by atoms with E-state index in [1.807, 2.05) is 57.8 Å². The van der Waals surface area contributed by atoms with Crippen LogP contribution in [0.15, 0.2) is 0 Å². The van der Waals surface area contributed by atoms with Gasteiger partial charge < -0.3 is 0 Å². The summed E-state index contributed by atoms with van der Waals surface area (Å²) in [7, 11) is 0. The van der Waals surface area contributed by atoms with E-state index in [1.54, 1.807) is 6.42 Å². The Morgan fingerprint density at radius 1 is 0.170 bits per heavy atom. The first-order chi connectivity index (χ1) is 43.8. The largest absolute Gasteiger partial charge is 0.0527 e. The van der Waals surface area contributed by atoms with Crippen LogP contribution in [0.25, 0.3) is 0 Å². The number of fused-ring (bicyclic) bond motifs is 18. The average molecular weight is 1110 g/mol. The van der Waals surface area contributed by atoms with Crippen LogP contribution >= 0.6 is 0 Å². The van der Waals surface area contributed by atoms with Crippen LogP contribution in [0.1, 0.15) is 64.2 Å². The predicted octanol–water partition coefficient (Wildman–Crippen LogP) is 8.08. The first-order valence-electron chi connectivity index (χ1n) is 43.8. The van der Waals surface area contributed by atoms with Gasteiger partial charge in [0.25, 0.3) is 0 Å². The van der Waals surface area contributed by atoms with Crippen molar-refractivity contribution in [1.82, 2.24) is 0 Å². The fourth-order valence-electron chi connectivity index (χ4n) is 102. The molecule has 0 heteroatoms. The van der Waals surface area contributed by atoms with Crippen LogP contribution in [-0.2, 0) is 0 Å². The molecule has 0 saturated heterocycles. The van der Waals surface area contributed by atoms with Crippen LogP contribution in [0.3, 0.4) is 0 Å². The minimum Gasteiger partial charge on any atom is -0.0527 e. The van der Waals surface area contributed by atoms with Crippen molar-refractivity contribution in [2.45, 2.75) is 64.2 Å². The number of rotatable bonds is 0. The Morgan fingerprint density at radius 3 is 1.14 bits per heavy atom. The second-order valence-corrected chi connectivity index (χ2v) is 57.4. The van der Waals surface area contributed by atoms with E-state index in [0.29, 0.717) is 0 Å². The Bertz CT molecular complexity index is 6590. The van der Waals surface area contributed by atoms with E-state index < -0.39 is 0 Å². The third-order valence-corrected chi connectivity index (χ3v) is 77.8. The molecule has 88 heavy (non-hydrogen) atoms. The zero-order valence-electron chi connectivity index (χ0n) is 48.4. The molecule has 78 unspecified atom stereocenters. The van der Waals surface area contributed by atoms with Crippen LogP contribution in [-0.4, -0.2) is 0 Å². The van der Waals surface area contributed by atoms with Gasteiger partial charge in [0.05, 0.1) is 0 Å². The SMILES string of the molecule is C1CC2C3C4C5C6C7CC8C9C%10C%11C%12C%13C%14C%15C%16CC%17C%18C%19C%20C%21C%22CC%23CCC%24CCC(C1)C1%25C%26C2C32C43C54C65C78C96C%107C%118C%129C%13%10C%14%11C%15%12C%17%16C%18%13C%19%14C%20%15C%21%16C%23%22C%17C%18C%24%19C%20C1C1%21C%20%22C%19%20C%18%19C%17%16C%15%16C%14%15C%13%12C%11%12C%10%11C9%10C89C78C56C45C34C%262C%251C41C%212C%223C%204C%19%16C%15%12C%114C%103C92C581. The van der Waals surface area contributed by atoms with Crippen molar-refractivity contribution in [2.24, 2.45) is 405 Å². The Morgan fingerprint density at radius 2 is 0.523 bits per heavy atom. The Hall–Kier alpha value is 0. The third-order valence-electron chi connectivity index (χ3n) is 77.8. The summed E-state index contributed by atoms with van der Waals surface area (Å²) in [5.41, 5.74) is 53.8. The van der Waals surface area contributed by atoms with Crippen LogP contribution in [0.2, 0.25) is 0 Å². The fraction of sp³-hybridized carbons (Fsp3) is 1.00. The number of hydrogen-bond acceptors (Lipinski definition) is 0. The van der Waals surface area contributed by atoms with Crippen LogP contribution in [0.4, 0.5) is 0 Å². The maximum atomic E-state index is 1.93. The molecule has 0 aromatic heterocycles. The van der Waals surface area contributed by atoms with Crippen molar-refractivity contribution in [1.29, 1.82) is 0 Å². The number of hydrogen-bond donors (Lipinski definition) is 0. The van der Waals surface area contributed by atoms with Gasteiger partial charge in [-0.2, -0.15) is 0 Å². The lowest BCUT2D eigenvalue weighted by atomic mass is 8.23. The van der Waals surface area contributed by atoms with Gasteiger partial charge in [0.15, 0.2) is 0 Å². The van der Waals surface area contributed by atoms with Crippen LogP contribution in [0, 0.1) is 437 Å². The van der Waals surface area contributed by atoms with Crippen molar-refractivity contribution >= 4 is 0 Å². The van der Waals surface area contributed by atoms with E-state index >= 15 is 0 Å². The van der Waals surface area contributed by atoms with E-state index in [-0.39, 0.29) is 0 Å². The lowest BCUT2D eigenvalue weighted by molar-refractivity contribution is -1.23. The Labute approximate surface area is 498 Å². The highest BCUT2D eigenvalue weighted by Gasteiger charge is 3.84. The third kappa shape index (κ3) is 0.585. The second kappa shape index (κ2) is 4.27. The summed E-state index contributed by atoms with van der Waals surface area (Å²) in [6.07, 6.45) is 18.8. The molecule has 64 fully saturated rings. The molecule has 0 aliphatic heterocycles. The molecule has 64 aliphatic rings. The smallest absolute Gasteiger partial charge is 0.0000144 e. The topological polar surface area (TPSA) is 0 Å². The van der Waals surface area contributed by atoms with E-state index in [2.05, 4.69) is 0 Å². The average Bonchev–Trinajstić information content (AvgIpc) is 0.401. The van der Waals surface area contributed by atoms with Gasteiger partial charge in [0.1, 0.15) is 0 Å². The summed E-state index contributed by atoms with van der Waals surface area (Å²) in [6.45, 7) is 0. The van der Waals surface area contributed by atoms with Crippen molar-refractivity contribution in [3.8, 4) is 0 Å². The molecule has 64 saturated carbocycles. The van der Waals surface area contributed by atoms with E-state index in [0.717, 1.165) is 260 Å². The molecule has 0 radical (unpaired) electrons. The highest BCUT2D eigenvalue weighted by atomic mass is 15.9. The lowest BCUT2D eigenvalue weighted by Gasteiger charge is -3.79. The van der Waals surface area contributed by atoms with Gasteiger partial charge in [-0.05, 0) is 495 Å². The van der Waals surface area contributed by atoms with Gasteiger partial charge in [0, 0.05) is 0 Å². The monoisotopic (exact) mass is 1110 g/mol. The normalized spacial score (nSPS) is 144. The lowest BCUT2D eigenvalue weighted by Crippen LogP contribution is -3.77. The fourth-order valence-corrected chi connectivity index (χ4v) is 102. The quantitative estimate of drug-likeness (QED) is 0.231. The zero-order valence-corrected chi connectivity index (χ0v) is 48.4. The molecule has 0 nitrogen and oxygen atoms in total. The molecular formula is C88H50. The summed E-state index contributed by atoms with van der Waals surface area (Å²) in [5.74, 6) is 42.4. The molecule has 48 spiro atoms. The highest BCUT2D eigenvalue weighted by molar-refractivity contribution is 6.51. The second-order valence-electron chi connectivity index (χ2n) is 57.4. The van der Waals surface area contributed by atoms with Crippen molar-refractivity contribution in [3.63, 3.8) is 0 Å². The standard InChI is InChI=1S/C88H50/c1-2-11-4-5-12-6-7-13-8-15-22-28-30-24-17-10-19-26-31-34-35-33-32-25-18-9-16-23-29-27-20-14(3-1)21-36-42(11)39-40-43(12)38-37-41(13,15)47(22)53(28)55(30)49(24)45(17,19)51(26)56(31)59(34)60(35)58(33)57(32)50(25)44(16,18)48(23)54(29)52(27)46(20,21)61(36)66(42)64(39)65(40)67(43)63(38)62(37,47)71(53)73(55)69(49,51)74(56)77(59)78(60)76(58)75(57)68(48,50)72(54)70(52,61)82(66)80(64)81(65)83(67)79(63,71)84(73,74)88(77,83)87(78,81)86(76,80)85(72,75)82/h11-40H,1-10H2. The van der Waals surface area contributed by atoms with Gasteiger partial charge in [-0.15, -0.1) is 0 Å². The van der Waals surface area contributed by atoms with Crippen LogP contribution in [0.5, 0.6) is 0 Å². The maximum absolute atomic E-state index is 1.93. The first kappa shape index (κ1) is 29.2. The van der Waals surface area contributed by atoms with Gasteiger partial charge in [0.2, 0.25) is 0 Å². The van der Waals surface area contributed by atoms with Crippen LogP contribution < -0.4 is 0 Å². The molecular weight excluding hydrogens is 1060 g/mol. The summed E-state index contributed by atoms with van der Waals surface area (Å²) in [6, 6.07) is 0. The summed E-state index contributed by atoms with van der Waals surface area (Å²) >= 11 is 0. The first-order valence-corrected chi connectivity index (χ1v) is 43.8. The summed E-state index contributed by atoms with van der Waals surface area (Å²) in [4.78, 5) is 0. The van der Waals surface area contributed by atoms with Crippen molar-refractivity contribution < 1.29 is 0 Å². The van der Waals surface area contributed by atoms with Crippen molar-refractivity contribution in [2.75, 3.05) is 0 Å². The molecule has 0 heterocycles.